The minimum absolute atomic E-state index is 0.0382. The smallest absolute Gasteiger partial charge is 0.254 e. The van der Waals surface area contributed by atoms with Gasteiger partial charge in [-0.1, -0.05) is 11.8 Å². The average molecular weight is 313 g/mol. The molecule has 1 saturated heterocycles. The molecule has 5 nitrogen and oxygen atoms in total. The van der Waals surface area contributed by atoms with E-state index in [9.17, 15) is 13.2 Å². The molecule has 1 N–H and O–H groups in total. The Morgan fingerprint density at radius 3 is 2.95 bits per heavy atom. The molecule has 1 aromatic rings. The third-order valence-electron chi connectivity index (χ3n) is 3.21. The lowest BCUT2D eigenvalue weighted by atomic mass is 10.2. The first-order chi connectivity index (χ1) is 9.43. The van der Waals surface area contributed by atoms with Crippen LogP contribution < -0.4 is 0 Å². The molecule has 0 aliphatic carbocycles. The Balaban J connectivity index is 2.09. The zero-order chi connectivity index (χ0) is 14.8. The van der Waals surface area contributed by atoms with E-state index in [0.29, 0.717) is 16.9 Å². The van der Waals surface area contributed by atoms with Gasteiger partial charge >= 0.3 is 0 Å². The van der Waals surface area contributed by atoms with Crippen LogP contribution in [0.1, 0.15) is 21.7 Å². The summed E-state index contributed by atoms with van der Waals surface area (Å²) in [7, 11) is -1.37. The van der Waals surface area contributed by atoms with Gasteiger partial charge in [-0.25, -0.2) is 8.42 Å². The molecule has 1 fully saturated rings. The molecule has 108 valence electrons. The number of amides is 1. The van der Waals surface area contributed by atoms with E-state index in [0.717, 1.165) is 0 Å². The molecule has 0 bridgehead atoms. The highest BCUT2D eigenvalue weighted by Gasteiger charge is 2.33. The van der Waals surface area contributed by atoms with Gasteiger partial charge in [-0.15, -0.1) is 11.3 Å². The van der Waals surface area contributed by atoms with Crippen molar-refractivity contribution < 1.29 is 18.3 Å². The van der Waals surface area contributed by atoms with Gasteiger partial charge in [0.2, 0.25) is 0 Å². The summed E-state index contributed by atoms with van der Waals surface area (Å²) in [5, 5.41) is 10.3. The van der Waals surface area contributed by atoms with Crippen LogP contribution in [0.25, 0.3) is 0 Å². The molecule has 2 heterocycles. The topological polar surface area (TPSA) is 74.7 Å². The fraction of sp³-hybridized carbons (Fsp3) is 0.462. The largest absolute Gasteiger partial charge is 0.384 e. The fourth-order valence-electron chi connectivity index (χ4n) is 2.09. The van der Waals surface area contributed by atoms with E-state index in [2.05, 4.69) is 11.8 Å². The SMILES string of the molecule is CN(C(=O)c1csc(C#CCO)c1)C1CCS(=O)(=O)C1. The second-order valence-electron chi connectivity index (χ2n) is 4.63. The predicted octanol–water partition coefficient (Wildman–Crippen LogP) is 0.351. The van der Waals surface area contributed by atoms with E-state index in [1.54, 1.807) is 18.5 Å². The van der Waals surface area contributed by atoms with Crippen LogP contribution in [0, 0.1) is 11.8 Å². The maximum absolute atomic E-state index is 12.3. The van der Waals surface area contributed by atoms with Gasteiger partial charge in [-0.3, -0.25) is 4.79 Å². The van der Waals surface area contributed by atoms with Crippen molar-refractivity contribution in [3.63, 3.8) is 0 Å². The van der Waals surface area contributed by atoms with E-state index in [1.807, 2.05) is 0 Å². The zero-order valence-electron chi connectivity index (χ0n) is 11.0. The quantitative estimate of drug-likeness (QED) is 0.800. The number of hydrogen-bond donors (Lipinski definition) is 1. The second-order valence-corrected chi connectivity index (χ2v) is 7.77. The van der Waals surface area contributed by atoms with Crippen LogP contribution in [-0.4, -0.2) is 55.5 Å². The van der Waals surface area contributed by atoms with Gasteiger partial charge in [0.15, 0.2) is 9.84 Å². The van der Waals surface area contributed by atoms with Gasteiger partial charge in [-0.2, -0.15) is 0 Å². The number of aliphatic hydroxyl groups is 1. The summed E-state index contributed by atoms with van der Waals surface area (Å²) < 4.78 is 22.9. The lowest BCUT2D eigenvalue weighted by Crippen LogP contribution is -2.37. The third-order valence-corrected chi connectivity index (χ3v) is 5.81. The number of hydrogen-bond acceptors (Lipinski definition) is 5. The van der Waals surface area contributed by atoms with Gasteiger partial charge in [0.1, 0.15) is 6.61 Å². The van der Waals surface area contributed by atoms with Crippen LogP contribution in [0.4, 0.5) is 0 Å². The van der Waals surface area contributed by atoms with Gasteiger partial charge < -0.3 is 10.0 Å². The number of carbonyl (C=O) groups is 1. The van der Waals surface area contributed by atoms with Crippen LogP contribution in [0.15, 0.2) is 11.4 Å². The summed E-state index contributed by atoms with van der Waals surface area (Å²) in [6.07, 6.45) is 0.492. The number of carbonyl (C=O) groups excluding carboxylic acids is 1. The maximum atomic E-state index is 12.3. The first kappa shape index (κ1) is 15.0. The van der Waals surface area contributed by atoms with Crippen molar-refractivity contribution in [2.45, 2.75) is 12.5 Å². The van der Waals surface area contributed by atoms with Crippen LogP contribution in [0.3, 0.4) is 0 Å². The maximum Gasteiger partial charge on any atom is 0.254 e. The molecule has 0 saturated carbocycles. The molecule has 1 aliphatic heterocycles. The Kier molecular flexibility index (Phi) is 4.48. The lowest BCUT2D eigenvalue weighted by molar-refractivity contribution is 0.0748. The summed E-state index contributed by atoms with van der Waals surface area (Å²) >= 11 is 1.33. The number of aliphatic hydroxyl groups excluding tert-OH is 1. The Morgan fingerprint density at radius 1 is 1.60 bits per heavy atom. The van der Waals surface area contributed by atoms with Gasteiger partial charge in [0.25, 0.3) is 5.91 Å². The molecule has 0 aromatic carbocycles. The average Bonchev–Trinajstić information content (AvgIpc) is 3.01. The highest BCUT2D eigenvalue weighted by atomic mass is 32.2. The highest BCUT2D eigenvalue weighted by Crippen LogP contribution is 2.21. The molecule has 20 heavy (non-hydrogen) atoms. The minimum Gasteiger partial charge on any atom is -0.384 e. The summed E-state index contributed by atoms with van der Waals surface area (Å²) in [5.41, 5.74) is 0.504. The number of thiophene rings is 1. The van der Waals surface area contributed by atoms with Crippen molar-refractivity contribution in [1.82, 2.24) is 4.90 Å². The molecule has 1 atom stereocenters. The van der Waals surface area contributed by atoms with E-state index < -0.39 is 9.84 Å². The van der Waals surface area contributed by atoms with Gasteiger partial charge in [0, 0.05) is 18.5 Å². The summed E-state index contributed by atoms with van der Waals surface area (Å²) in [4.78, 5) is 14.5. The minimum atomic E-state index is -3.00. The molecular weight excluding hydrogens is 298 g/mol. The van der Waals surface area contributed by atoms with Crippen LogP contribution in [0.2, 0.25) is 0 Å². The molecule has 1 unspecified atom stereocenters. The van der Waals surface area contributed by atoms with Crippen molar-refractivity contribution in [2.24, 2.45) is 0 Å². The molecule has 7 heteroatoms. The normalized spacial score (nSPS) is 20.2. The Hall–Kier alpha value is -1.36. The molecule has 1 aliphatic rings. The highest BCUT2D eigenvalue weighted by molar-refractivity contribution is 7.91. The van der Waals surface area contributed by atoms with E-state index in [1.165, 1.54) is 16.2 Å². The Bertz CT molecular complexity index is 666. The lowest BCUT2D eigenvalue weighted by Gasteiger charge is -2.22. The Labute approximate surface area is 122 Å². The van der Waals surface area contributed by atoms with Crippen LogP contribution in [0.5, 0.6) is 0 Å². The van der Waals surface area contributed by atoms with Crippen LogP contribution in [-0.2, 0) is 9.84 Å². The Morgan fingerprint density at radius 2 is 2.35 bits per heavy atom. The molecule has 2 rings (SSSR count). The predicted molar refractivity (Wildman–Crippen MR) is 77.4 cm³/mol. The molecular formula is C13H15NO4S2. The summed E-state index contributed by atoms with van der Waals surface area (Å²) in [6, 6.07) is 1.41. The molecule has 0 spiro atoms. The van der Waals surface area contributed by atoms with Crippen molar-refractivity contribution in [2.75, 3.05) is 25.2 Å². The summed E-state index contributed by atoms with van der Waals surface area (Å²) in [6.45, 7) is -0.221. The zero-order valence-corrected chi connectivity index (χ0v) is 12.6. The van der Waals surface area contributed by atoms with Crippen LogP contribution >= 0.6 is 11.3 Å². The number of sulfone groups is 1. The number of rotatable bonds is 2. The first-order valence-electron chi connectivity index (χ1n) is 6.09. The van der Waals surface area contributed by atoms with Gasteiger partial charge in [-0.05, 0) is 12.5 Å². The van der Waals surface area contributed by atoms with Crippen molar-refractivity contribution >= 4 is 27.1 Å². The van der Waals surface area contributed by atoms with Crippen molar-refractivity contribution in [1.29, 1.82) is 0 Å². The third kappa shape index (κ3) is 3.39. The van der Waals surface area contributed by atoms with E-state index >= 15 is 0 Å². The van der Waals surface area contributed by atoms with Crippen molar-refractivity contribution in [3.05, 3.63) is 21.9 Å². The molecule has 1 amide bonds. The van der Waals surface area contributed by atoms with E-state index in [-0.39, 0.29) is 30.1 Å². The fourth-order valence-corrected chi connectivity index (χ4v) is 4.61. The van der Waals surface area contributed by atoms with E-state index in [4.69, 9.17) is 5.11 Å². The molecule has 0 radical (unpaired) electrons. The molecule has 1 aromatic heterocycles. The first-order valence-corrected chi connectivity index (χ1v) is 8.79. The van der Waals surface area contributed by atoms with Crippen molar-refractivity contribution in [3.8, 4) is 11.8 Å². The number of nitrogens with zero attached hydrogens (tertiary/aromatic N) is 1. The monoisotopic (exact) mass is 313 g/mol. The van der Waals surface area contributed by atoms with Gasteiger partial charge in [0.05, 0.1) is 21.9 Å². The second kappa shape index (κ2) is 5.95. The summed E-state index contributed by atoms with van der Waals surface area (Å²) in [5.74, 6) is 5.26. The standard InChI is InChI=1S/C13H15NO4S2/c1-14(11-4-6-20(17,18)9-11)13(16)10-7-12(19-8-10)3-2-5-15/h7-8,11,15H,4-6,9H2,1H3.